The minimum absolute atomic E-state index is 0.221. The molecule has 1 N–H and O–H groups in total. The Bertz CT molecular complexity index is 1210. The van der Waals surface area contributed by atoms with E-state index in [1.54, 1.807) is 12.1 Å². The van der Waals surface area contributed by atoms with Crippen LogP contribution in [-0.2, 0) is 13.2 Å². The molecule has 0 radical (unpaired) electrons. The summed E-state index contributed by atoms with van der Waals surface area (Å²) >= 11 is 2.25. The van der Waals surface area contributed by atoms with Gasteiger partial charge in [0.05, 0.1) is 11.0 Å². The molecule has 172 valence electrons. The van der Waals surface area contributed by atoms with E-state index in [2.05, 4.69) is 56.2 Å². The molecule has 0 aliphatic heterocycles. The Kier molecular flexibility index (Phi) is 7.66. The number of carbonyl (C=O) groups is 1. The van der Waals surface area contributed by atoms with Crippen LogP contribution < -0.4 is 10.1 Å². The first-order chi connectivity index (χ1) is 16.1. The smallest absolute Gasteiger partial charge is 0.293 e. The average molecular weight is 558 g/mol. The Morgan fingerprint density at radius 3 is 2.61 bits per heavy atom. The number of aromatic nitrogens is 2. The van der Waals surface area contributed by atoms with Crippen LogP contribution in [0.4, 0.5) is 5.95 Å². The van der Waals surface area contributed by atoms with Crippen molar-refractivity contribution in [2.45, 2.75) is 27.0 Å². The normalized spacial score (nSPS) is 11.3. The minimum atomic E-state index is -0.338. The molecule has 4 rings (SSSR count). The number of fused-ring (bicyclic) bond motifs is 1. The van der Waals surface area contributed by atoms with Crippen LogP contribution in [-0.4, -0.2) is 40.0 Å². The number of hydrogen-bond donors (Lipinski definition) is 1. The van der Waals surface area contributed by atoms with Crippen LogP contribution in [0.3, 0.4) is 0 Å². The van der Waals surface area contributed by atoms with E-state index in [0.717, 1.165) is 46.5 Å². The Morgan fingerprint density at radius 2 is 1.85 bits per heavy atom. The number of furan rings is 1. The summed E-state index contributed by atoms with van der Waals surface area (Å²) in [6, 6.07) is 19.1. The molecule has 0 unspecified atom stereocenters. The molecule has 2 aromatic carbocycles. The molecule has 2 heterocycles. The molecule has 1 amide bonds. The van der Waals surface area contributed by atoms with Gasteiger partial charge in [-0.3, -0.25) is 10.1 Å². The number of likely N-dealkylation sites (N-methyl/N-ethyl adjacent to an activating group) is 1. The zero-order chi connectivity index (χ0) is 23.2. The number of amides is 1. The summed E-state index contributed by atoms with van der Waals surface area (Å²) in [5, 5.41) is 2.93. The van der Waals surface area contributed by atoms with Gasteiger partial charge in [0.25, 0.3) is 5.91 Å². The molecular weight excluding hydrogens is 531 g/mol. The molecule has 0 aliphatic rings. The lowest BCUT2D eigenvalue weighted by molar-refractivity contribution is 0.0991. The van der Waals surface area contributed by atoms with Crippen molar-refractivity contribution < 1.29 is 13.9 Å². The topological polar surface area (TPSA) is 72.5 Å². The summed E-state index contributed by atoms with van der Waals surface area (Å²) in [6.07, 6.45) is 0. The molecule has 4 aromatic rings. The molecule has 7 nitrogen and oxygen atoms in total. The Morgan fingerprint density at radius 1 is 1.09 bits per heavy atom. The molecule has 0 spiro atoms. The first-order valence-electron chi connectivity index (χ1n) is 11.0. The van der Waals surface area contributed by atoms with Crippen molar-refractivity contribution in [3.05, 3.63) is 75.8 Å². The molecule has 2 aromatic heterocycles. The van der Waals surface area contributed by atoms with E-state index in [1.807, 2.05) is 48.5 Å². The monoisotopic (exact) mass is 558 g/mol. The van der Waals surface area contributed by atoms with Gasteiger partial charge in [-0.25, -0.2) is 4.98 Å². The molecule has 0 bridgehead atoms. The fourth-order valence-corrected chi connectivity index (χ4v) is 3.96. The van der Waals surface area contributed by atoms with Crippen LogP contribution in [0.15, 0.2) is 65.1 Å². The third-order valence-electron chi connectivity index (χ3n) is 5.49. The maximum absolute atomic E-state index is 12.9. The Hall–Kier alpha value is -2.85. The highest BCUT2D eigenvalue weighted by Gasteiger charge is 2.17. The second kappa shape index (κ2) is 10.8. The van der Waals surface area contributed by atoms with Crippen molar-refractivity contribution in [3.8, 4) is 5.75 Å². The van der Waals surface area contributed by atoms with Gasteiger partial charge in [0.1, 0.15) is 18.1 Å². The van der Waals surface area contributed by atoms with Crippen LogP contribution in [0, 0.1) is 3.57 Å². The fourth-order valence-electron chi connectivity index (χ4n) is 3.60. The molecular formula is C25H27IN4O3. The molecule has 0 saturated carbocycles. The molecule has 0 saturated heterocycles. The van der Waals surface area contributed by atoms with Gasteiger partial charge in [-0.1, -0.05) is 26.0 Å². The van der Waals surface area contributed by atoms with Crippen molar-refractivity contribution in [1.82, 2.24) is 14.5 Å². The van der Waals surface area contributed by atoms with E-state index in [0.29, 0.717) is 11.7 Å². The van der Waals surface area contributed by atoms with Gasteiger partial charge in [0, 0.05) is 16.7 Å². The number of benzene rings is 2. The zero-order valence-corrected chi connectivity index (χ0v) is 20.9. The number of halogens is 1. The number of ether oxygens (including phenoxy) is 1. The second-order valence-electron chi connectivity index (χ2n) is 7.57. The van der Waals surface area contributed by atoms with Crippen molar-refractivity contribution in [1.29, 1.82) is 0 Å². The lowest BCUT2D eigenvalue weighted by Gasteiger charge is -2.19. The van der Waals surface area contributed by atoms with E-state index >= 15 is 0 Å². The van der Waals surface area contributed by atoms with Gasteiger partial charge in [-0.15, -0.1) is 0 Å². The number of hydrogen-bond acceptors (Lipinski definition) is 5. The summed E-state index contributed by atoms with van der Waals surface area (Å²) in [7, 11) is 0. The van der Waals surface area contributed by atoms with E-state index in [1.165, 1.54) is 0 Å². The molecule has 0 aliphatic carbocycles. The average Bonchev–Trinajstić information content (AvgIpc) is 3.44. The van der Waals surface area contributed by atoms with E-state index in [9.17, 15) is 4.79 Å². The highest BCUT2D eigenvalue weighted by molar-refractivity contribution is 14.1. The van der Waals surface area contributed by atoms with Gasteiger partial charge >= 0.3 is 0 Å². The number of imidazole rings is 1. The third-order valence-corrected chi connectivity index (χ3v) is 6.21. The van der Waals surface area contributed by atoms with Gasteiger partial charge in [0.15, 0.2) is 5.76 Å². The van der Waals surface area contributed by atoms with Crippen molar-refractivity contribution in [3.63, 3.8) is 0 Å². The maximum Gasteiger partial charge on any atom is 0.293 e. The largest absolute Gasteiger partial charge is 0.486 e. The van der Waals surface area contributed by atoms with Crippen molar-refractivity contribution in [2.24, 2.45) is 0 Å². The third kappa shape index (κ3) is 5.75. The van der Waals surface area contributed by atoms with Gasteiger partial charge in [-0.05, 0) is 84.2 Å². The highest BCUT2D eigenvalue weighted by atomic mass is 127. The van der Waals surface area contributed by atoms with Crippen molar-refractivity contribution in [2.75, 3.05) is 25.0 Å². The van der Waals surface area contributed by atoms with E-state index < -0.39 is 0 Å². The second-order valence-corrected chi connectivity index (χ2v) is 8.81. The first-order valence-corrected chi connectivity index (χ1v) is 12.1. The zero-order valence-electron chi connectivity index (χ0n) is 18.8. The number of nitrogens with zero attached hydrogens (tertiary/aromatic N) is 3. The standard InChI is InChI=1S/C25H27IN4O3/c1-3-29(4-2)15-16-30-22-8-6-5-7-21(22)27-25(30)28-24(31)23-14-13-20(33-23)17-32-19-11-9-18(26)10-12-19/h5-14H,3-4,15-17H2,1-2H3,(H,27,28,31). The number of rotatable bonds is 10. The quantitative estimate of drug-likeness (QED) is 0.264. The highest BCUT2D eigenvalue weighted by Crippen LogP contribution is 2.21. The van der Waals surface area contributed by atoms with Gasteiger partial charge < -0.3 is 18.6 Å². The molecule has 8 heteroatoms. The summed E-state index contributed by atoms with van der Waals surface area (Å²) < 4.78 is 14.7. The summed E-state index contributed by atoms with van der Waals surface area (Å²) in [4.78, 5) is 19.9. The SMILES string of the molecule is CCN(CC)CCn1c(NC(=O)c2ccc(COc3ccc(I)cc3)o2)nc2ccccc21. The van der Waals surface area contributed by atoms with E-state index in [-0.39, 0.29) is 18.3 Å². The van der Waals surface area contributed by atoms with Crippen LogP contribution >= 0.6 is 22.6 Å². The molecule has 0 atom stereocenters. The lowest BCUT2D eigenvalue weighted by Crippen LogP contribution is -2.27. The van der Waals surface area contributed by atoms with Crippen LogP contribution in [0.25, 0.3) is 11.0 Å². The number of para-hydroxylation sites is 2. The Labute approximate surface area is 206 Å². The first kappa shape index (κ1) is 23.3. The Balaban J connectivity index is 1.46. The summed E-state index contributed by atoms with van der Waals surface area (Å²) in [5.74, 6) is 1.73. The predicted octanol–water partition coefficient (Wildman–Crippen LogP) is 5.41. The van der Waals surface area contributed by atoms with E-state index in [4.69, 9.17) is 9.15 Å². The molecule has 33 heavy (non-hydrogen) atoms. The molecule has 0 fully saturated rings. The lowest BCUT2D eigenvalue weighted by atomic mass is 10.3. The fraction of sp³-hybridized carbons (Fsp3) is 0.280. The van der Waals surface area contributed by atoms with Crippen LogP contribution in [0.5, 0.6) is 5.75 Å². The van der Waals surface area contributed by atoms with Gasteiger partial charge in [-0.2, -0.15) is 0 Å². The minimum Gasteiger partial charge on any atom is -0.486 e. The van der Waals surface area contributed by atoms with Gasteiger partial charge in [0.2, 0.25) is 5.95 Å². The van der Waals surface area contributed by atoms with Crippen LogP contribution in [0.2, 0.25) is 0 Å². The predicted molar refractivity (Wildman–Crippen MR) is 138 cm³/mol. The summed E-state index contributed by atoms with van der Waals surface area (Å²) in [6.45, 7) is 8.09. The number of anilines is 1. The number of carbonyl (C=O) groups excluding carboxylic acids is 1. The summed E-state index contributed by atoms with van der Waals surface area (Å²) in [5.41, 5.74) is 1.84. The van der Waals surface area contributed by atoms with Crippen LogP contribution in [0.1, 0.15) is 30.2 Å². The maximum atomic E-state index is 12.9. The van der Waals surface area contributed by atoms with Crippen molar-refractivity contribution >= 4 is 45.5 Å². The number of nitrogens with one attached hydrogen (secondary N) is 1.